The summed E-state index contributed by atoms with van der Waals surface area (Å²) in [5, 5.41) is 6.24. The molecule has 0 spiro atoms. The number of alkyl halides is 2. The van der Waals surface area contributed by atoms with Crippen molar-refractivity contribution in [2.45, 2.75) is 26.6 Å². The monoisotopic (exact) mass is 434 g/mol. The fourth-order valence-corrected chi connectivity index (χ4v) is 2.56. The third kappa shape index (κ3) is 8.49. The smallest absolute Gasteiger partial charge is 0.387 e. The lowest BCUT2D eigenvalue weighted by molar-refractivity contribution is -0.130. The molecule has 0 aliphatic rings. The Morgan fingerprint density at radius 1 is 1.13 bits per heavy atom. The van der Waals surface area contributed by atoms with Crippen LogP contribution in [0.3, 0.4) is 0 Å². The molecule has 168 valence electrons. The molecule has 9 heteroatoms. The van der Waals surface area contributed by atoms with Crippen molar-refractivity contribution in [3.8, 4) is 11.5 Å². The number of aliphatic imine (C=N–C) groups is 1. The molecule has 0 aromatic heterocycles. The highest BCUT2D eigenvalue weighted by Gasteiger charge is 2.10. The van der Waals surface area contributed by atoms with Gasteiger partial charge in [-0.15, -0.1) is 0 Å². The van der Waals surface area contributed by atoms with Crippen LogP contribution in [0.15, 0.2) is 53.5 Å². The first-order valence-electron chi connectivity index (χ1n) is 9.85. The Labute approximate surface area is 181 Å². The summed E-state index contributed by atoms with van der Waals surface area (Å²) >= 11 is 0. The molecular formula is C22H28F2N4O3. The number of nitrogens with one attached hydrogen (secondary N) is 2. The molecule has 0 atom stereocenters. The normalized spacial score (nSPS) is 11.2. The van der Waals surface area contributed by atoms with Gasteiger partial charge in [-0.3, -0.25) is 4.79 Å². The second-order valence-electron chi connectivity index (χ2n) is 6.76. The van der Waals surface area contributed by atoms with Crippen LogP contribution in [0.4, 0.5) is 8.78 Å². The average Bonchev–Trinajstić information content (AvgIpc) is 2.74. The van der Waals surface area contributed by atoms with E-state index in [4.69, 9.17) is 4.74 Å². The van der Waals surface area contributed by atoms with Crippen LogP contribution in [-0.2, 0) is 17.9 Å². The van der Waals surface area contributed by atoms with Crippen LogP contribution in [0.2, 0.25) is 0 Å². The standard InChI is InChI=1S/C22H28F2N4O3/c1-4-25-22(27-14-17-9-5-6-11-19(17)31-21(23)24)26-13-16-8-7-10-18(12-16)30-15-20(29)28(2)3/h5-12,21H,4,13-15H2,1-3H3,(H2,25,26,27). The highest BCUT2D eigenvalue weighted by Crippen LogP contribution is 2.20. The maximum atomic E-state index is 12.6. The summed E-state index contributed by atoms with van der Waals surface area (Å²) in [6, 6.07) is 13.9. The number of guanidine groups is 1. The first-order chi connectivity index (χ1) is 14.9. The fourth-order valence-electron chi connectivity index (χ4n) is 2.56. The number of carbonyl (C=O) groups excluding carboxylic acids is 1. The third-order valence-corrected chi connectivity index (χ3v) is 4.16. The Kier molecular flexibility index (Phi) is 9.54. The van der Waals surface area contributed by atoms with Gasteiger partial charge in [0.15, 0.2) is 12.6 Å². The van der Waals surface area contributed by atoms with Gasteiger partial charge in [-0.1, -0.05) is 30.3 Å². The summed E-state index contributed by atoms with van der Waals surface area (Å²) in [5.74, 6) is 1.11. The van der Waals surface area contributed by atoms with Gasteiger partial charge in [-0.05, 0) is 30.7 Å². The van der Waals surface area contributed by atoms with Crippen molar-refractivity contribution >= 4 is 11.9 Å². The summed E-state index contributed by atoms with van der Waals surface area (Å²) in [4.78, 5) is 17.7. The van der Waals surface area contributed by atoms with Crippen LogP contribution < -0.4 is 20.1 Å². The Hall–Kier alpha value is -3.36. The van der Waals surface area contributed by atoms with Crippen LogP contribution in [0.5, 0.6) is 11.5 Å². The summed E-state index contributed by atoms with van der Waals surface area (Å²) in [6.07, 6.45) is 0. The Morgan fingerprint density at radius 2 is 1.90 bits per heavy atom. The molecule has 0 fully saturated rings. The molecule has 0 bridgehead atoms. The van der Waals surface area contributed by atoms with Gasteiger partial charge in [0.25, 0.3) is 5.91 Å². The first kappa shape index (κ1) is 23.9. The number of para-hydroxylation sites is 1. The van der Waals surface area contributed by atoms with Gasteiger partial charge in [0.05, 0.1) is 6.54 Å². The molecule has 7 nitrogen and oxygen atoms in total. The van der Waals surface area contributed by atoms with Crippen molar-refractivity contribution in [3.63, 3.8) is 0 Å². The van der Waals surface area contributed by atoms with E-state index in [0.717, 1.165) is 5.56 Å². The van der Waals surface area contributed by atoms with Crippen LogP contribution in [0.25, 0.3) is 0 Å². The molecule has 2 aromatic carbocycles. The fraction of sp³-hybridized carbons (Fsp3) is 0.364. The second kappa shape index (κ2) is 12.4. The van der Waals surface area contributed by atoms with Gasteiger partial charge in [-0.2, -0.15) is 8.78 Å². The van der Waals surface area contributed by atoms with Gasteiger partial charge in [0.1, 0.15) is 11.5 Å². The molecule has 2 rings (SSSR count). The van der Waals surface area contributed by atoms with Gasteiger partial charge < -0.3 is 25.0 Å². The van der Waals surface area contributed by atoms with Gasteiger partial charge >= 0.3 is 6.61 Å². The molecule has 0 aliphatic carbocycles. The summed E-state index contributed by atoms with van der Waals surface area (Å²) < 4.78 is 35.3. The molecular weight excluding hydrogens is 406 g/mol. The highest BCUT2D eigenvalue weighted by atomic mass is 19.3. The predicted octanol–water partition coefficient (Wildman–Crippen LogP) is 3.01. The van der Waals surface area contributed by atoms with Crippen molar-refractivity contribution in [2.75, 3.05) is 27.2 Å². The molecule has 2 N–H and O–H groups in total. The topological polar surface area (TPSA) is 75.2 Å². The van der Waals surface area contributed by atoms with E-state index in [2.05, 4.69) is 20.4 Å². The van der Waals surface area contributed by atoms with E-state index < -0.39 is 6.61 Å². The summed E-state index contributed by atoms with van der Waals surface area (Å²) in [7, 11) is 3.34. The maximum absolute atomic E-state index is 12.6. The zero-order valence-electron chi connectivity index (χ0n) is 17.9. The number of hydrogen-bond donors (Lipinski definition) is 2. The lowest BCUT2D eigenvalue weighted by atomic mass is 10.2. The van der Waals surface area contributed by atoms with E-state index in [-0.39, 0.29) is 24.8 Å². The van der Waals surface area contributed by atoms with E-state index in [1.54, 1.807) is 38.4 Å². The molecule has 1 amide bonds. The molecule has 0 heterocycles. The van der Waals surface area contributed by atoms with Crippen molar-refractivity contribution in [1.29, 1.82) is 0 Å². The van der Waals surface area contributed by atoms with E-state index in [1.807, 2.05) is 25.1 Å². The maximum Gasteiger partial charge on any atom is 0.387 e. The lowest BCUT2D eigenvalue weighted by Crippen LogP contribution is -2.36. The molecule has 0 saturated heterocycles. The SMILES string of the molecule is CCNC(=NCc1cccc(OCC(=O)N(C)C)c1)NCc1ccccc1OC(F)F. The predicted molar refractivity (Wildman–Crippen MR) is 115 cm³/mol. The van der Waals surface area contributed by atoms with Crippen LogP contribution in [0, 0.1) is 0 Å². The number of amides is 1. The van der Waals surface area contributed by atoms with Crippen LogP contribution in [0.1, 0.15) is 18.1 Å². The third-order valence-electron chi connectivity index (χ3n) is 4.16. The first-order valence-corrected chi connectivity index (χ1v) is 9.85. The number of hydrogen-bond acceptors (Lipinski definition) is 4. The number of ether oxygens (including phenoxy) is 2. The molecule has 0 unspecified atom stereocenters. The zero-order valence-corrected chi connectivity index (χ0v) is 17.9. The molecule has 0 radical (unpaired) electrons. The quantitative estimate of drug-likeness (QED) is 0.444. The van der Waals surface area contributed by atoms with Crippen molar-refractivity contribution in [3.05, 3.63) is 59.7 Å². The largest absolute Gasteiger partial charge is 0.484 e. The van der Waals surface area contributed by atoms with Crippen molar-refractivity contribution in [2.24, 2.45) is 4.99 Å². The highest BCUT2D eigenvalue weighted by molar-refractivity contribution is 5.79. The van der Waals surface area contributed by atoms with Gasteiger partial charge in [0.2, 0.25) is 0 Å². The Bertz CT molecular complexity index is 875. The minimum absolute atomic E-state index is 0.0377. The number of halogens is 2. The molecule has 0 aliphatic heterocycles. The Balaban J connectivity index is 2.00. The average molecular weight is 434 g/mol. The zero-order chi connectivity index (χ0) is 22.6. The van der Waals surface area contributed by atoms with Crippen LogP contribution >= 0.6 is 0 Å². The number of carbonyl (C=O) groups is 1. The second-order valence-corrected chi connectivity index (χ2v) is 6.76. The minimum Gasteiger partial charge on any atom is -0.484 e. The number of benzene rings is 2. The van der Waals surface area contributed by atoms with Crippen molar-refractivity contribution in [1.82, 2.24) is 15.5 Å². The Morgan fingerprint density at radius 3 is 2.61 bits per heavy atom. The molecule has 31 heavy (non-hydrogen) atoms. The number of likely N-dealkylation sites (N-methyl/N-ethyl adjacent to an activating group) is 1. The van der Waals surface area contributed by atoms with E-state index in [9.17, 15) is 13.6 Å². The van der Waals surface area contributed by atoms with E-state index >= 15 is 0 Å². The number of rotatable bonds is 10. The van der Waals surface area contributed by atoms with Crippen LogP contribution in [-0.4, -0.2) is 50.6 Å². The van der Waals surface area contributed by atoms with E-state index in [1.165, 1.54) is 11.0 Å². The summed E-state index contributed by atoms with van der Waals surface area (Å²) in [6.45, 7) is 0.279. The molecule has 2 aromatic rings. The van der Waals surface area contributed by atoms with Gasteiger partial charge in [-0.25, -0.2) is 4.99 Å². The van der Waals surface area contributed by atoms with E-state index in [0.29, 0.717) is 30.4 Å². The summed E-state index contributed by atoms with van der Waals surface area (Å²) in [5.41, 5.74) is 1.49. The molecule has 0 saturated carbocycles. The number of nitrogens with zero attached hydrogens (tertiary/aromatic N) is 2. The lowest BCUT2D eigenvalue weighted by Gasteiger charge is -2.14. The van der Waals surface area contributed by atoms with Gasteiger partial charge in [0, 0.05) is 32.7 Å². The van der Waals surface area contributed by atoms with Crippen molar-refractivity contribution < 1.29 is 23.0 Å². The minimum atomic E-state index is -2.88.